The van der Waals surface area contributed by atoms with E-state index in [0.29, 0.717) is 23.1 Å². The molecule has 1 amide bonds. The minimum Gasteiger partial charge on any atom is -0.438 e. The minimum absolute atomic E-state index is 0.143. The Morgan fingerprint density at radius 3 is 2.55 bits per heavy atom. The fraction of sp³-hybridized carbons (Fsp3) is 0.0769. The smallest absolute Gasteiger partial charge is 0.232 e. The molecule has 5 rings (SSSR count). The van der Waals surface area contributed by atoms with Crippen molar-refractivity contribution in [1.82, 2.24) is 15.0 Å². The number of amides is 1. The molecule has 162 valence electrons. The summed E-state index contributed by atoms with van der Waals surface area (Å²) in [5.74, 6) is 1.43. The first-order valence-electron chi connectivity index (χ1n) is 10.4. The van der Waals surface area contributed by atoms with Crippen LogP contribution in [0.4, 0.5) is 5.69 Å². The second kappa shape index (κ2) is 8.80. The molecule has 3 aromatic heterocycles. The highest BCUT2D eigenvalue weighted by molar-refractivity contribution is 7.19. The molecule has 0 aliphatic rings. The quantitative estimate of drug-likeness (QED) is 0.330. The maximum Gasteiger partial charge on any atom is 0.232 e. The molecule has 7 heteroatoms. The Morgan fingerprint density at radius 1 is 0.970 bits per heavy atom. The van der Waals surface area contributed by atoms with Gasteiger partial charge >= 0.3 is 0 Å². The molecule has 0 aliphatic heterocycles. The fourth-order valence-electron chi connectivity index (χ4n) is 3.68. The number of nitrogens with one attached hydrogen (secondary N) is 1. The number of fused-ring (bicyclic) bond motifs is 1. The van der Waals surface area contributed by atoms with E-state index in [9.17, 15) is 4.79 Å². The van der Waals surface area contributed by atoms with Crippen LogP contribution in [-0.4, -0.2) is 20.9 Å². The Bertz CT molecular complexity index is 1450. The highest BCUT2D eigenvalue weighted by atomic mass is 32.1. The van der Waals surface area contributed by atoms with Crippen molar-refractivity contribution in [2.45, 2.75) is 13.8 Å². The molecular formula is C26H20N4O2S. The number of carbonyl (C=O) groups excluding carboxylic acids is 1. The van der Waals surface area contributed by atoms with E-state index in [0.717, 1.165) is 31.8 Å². The molecule has 1 N–H and O–H groups in total. The second-order valence-corrected chi connectivity index (χ2v) is 8.69. The van der Waals surface area contributed by atoms with E-state index in [1.54, 1.807) is 29.8 Å². The van der Waals surface area contributed by atoms with E-state index >= 15 is 0 Å². The molecule has 0 aliphatic carbocycles. The summed E-state index contributed by atoms with van der Waals surface area (Å²) >= 11 is 1.61. The van der Waals surface area contributed by atoms with Crippen molar-refractivity contribution in [2.24, 2.45) is 0 Å². The molecule has 0 saturated carbocycles. The number of hydrogen-bond acceptors (Lipinski definition) is 6. The average molecular weight is 453 g/mol. The number of aromatic nitrogens is 3. The maximum atomic E-state index is 11.5. The van der Waals surface area contributed by atoms with Crippen LogP contribution in [0, 0.1) is 6.92 Å². The van der Waals surface area contributed by atoms with Crippen LogP contribution in [0.1, 0.15) is 11.8 Å². The van der Waals surface area contributed by atoms with Crippen molar-refractivity contribution >= 4 is 33.1 Å². The molecule has 0 bridgehead atoms. The maximum absolute atomic E-state index is 11.5. The van der Waals surface area contributed by atoms with E-state index in [1.807, 2.05) is 48.5 Å². The molecule has 6 nitrogen and oxygen atoms in total. The van der Waals surface area contributed by atoms with Gasteiger partial charge in [-0.05, 0) is 36.8 Å². The lowest BCUT2D eigenvalue weighted by Gasteiger charge is -2.11. The SMILES string of the molecule is CC(=O)Nc1cccc(Oc2nc(-c3cccnc3)nc3sc(C)c(-c4ccccc4)c23)c1. The predicted octanol–water partition coefficient (Wildman–Crippen LogP) is 6.48. The molecule has 0 radical (unpaired) electrons. The third-order valence-electron chi connectivity index (χ3n) is 5.05. The van der Waals surface area contributed by atoms with E-state index in [-0.39, 0.29) is 5.91 Å². The zero-order valence-electron chi connectivity index (χ0n) is 18.1. The first-order valence-corrected chi connectivity index (χ1v) is 11.2. The molecular weight excluding hydrogens is 432 g/mol. The van der Waals surface area contributed by atoms with Crippen molar-refractivity contribution in [1.29, 1.82) is 0 Å². The predicted molar refractivity (Wildman–Crippen MR) is 132 cm³/mol. The number of pyridine rings is 1. The van der Waals surface area contributed by atoms with Gasteiger partial charge in [-0.1, -0.05) is 36.4 Å². The zero-order valence-corrected chi connectivity index (χ0v) is 18.9. The number of carbonyl (C=O) groups is 1. The van der Waals surface area contributed by atoms with Gasteiger partial charge in [-0.15, -0.1) is 11.3 Å². The Hall–Kier alpha value is -4.10. The lowest BCUT2D eigenvalue weighted by atomic mass is 10.0. The monoisotopic (exact) mass is 452 g/mol. The Labute approximate surface area is 195 Å². The summed E-state index contributed by atoms with van der Waals surface area (Å²) < 4.78 is 6.34. The molecule has 0 spiro atoms. The number of benzene rings is 2. The van der Waals surface area contributed by atoms with Crippen molar-refractivity contribution < 1.29 is 9.53 Å². The number of anilines is 1. The van der Waals surface area contributed by atoms with Gasteiger partial charge in [0.25, 0.3) is 0 Å². The second-order valence-electron chi connectivity index (χ2n) is 7.48. The summed E-state index contributed by atoms with van der Waals surface area (Å²) in [5.41, 5.74) is 3.60. The Morgan fingerprint density at radius 2 is 1.79 bits per heavy atom. The first-order chi connectivity index (χ1) is 16.1. The van der Waals surface area contributed by atoms with Gasteiger partial charge in [0.2, 0.25) is 11.8 Å². The summed E-state index contributed by atoms with van der Waals surface area (Å²) in [6.07, 6.45) is 3.46. The topological polar surface area (TPSA) is 77.0 Å². The lowest BCUT2D eigenvalue weighted by molar-refractivity contribution is -0.114. The summed E-state index contributed by atoms with van der Waals surface area (Å²) in [6.45, 7) is 3.56. The molecule has 0 atom stereocenters. The summed E-state index contributed by atoms with van der Waals surface area (Å²) in [7, 11) is 0. The molecule has 0 saturated heterocycles. The molecule has 2 aromatic carbocycles. The van der Waals surface area contributed by atoms with E-state index in [2.05, 4.69) is 29.4 Å². The van der Waals surface area contributed by atoms with Crippen molar-refractivity contribution in [3.05, 3.63) is 84.0 Å². The van der Waals surface area contributed by atoms with Crippen LogP contribution in [0.15, 0.2) is 79.1 Å². The van der Waals surface area contributed by atoms with Crippen LogP contribution < -0.4 is 10.1 Å². The van der Waals surface area contributed by atoms with Gasteiger partial charge in [-0.2, -0.15) is 4.98 Å². The Kier molecular flexibility index (Phi) is 5.54. The summed E-state index contributed by atoms with van der Waals surface area (Å²) in [5, 5.41) is 3.65. The molecule has 5 aromatic rings. The number of nitrogens with zero attached hydrogens (tertiary/aromatic N) is 3. The number of hydrogen-bond donors (Lipinski definition) is 1. The highest BCUT2D eigenvalue weighted by Crippen LogP contribution is 2.43. The van der Waals surface area contributed by atoms with Gasteiger partial charge < -0.3 is 10.1 Å². The van der Waals surface area contributed by atoms with E-state index < -0.39 is 0 Å². The first kappa shape index (κ1) is 20.8. The van der Waals surface area contributed by atoms with Crippen LogP contribution in [0.2, 0.25) is 0 Å². The number of aryl methyl sites for hydroxylation is 1. The van der Waals surface area contributed by atoms with Gasteiger partial charge in [-0.3, -0.25) is 9.78 Å². The van der Waals surface area contributed by atoms with Gasteiger partial charge in [0.1, 0.15) is 10.6 Å². The third kappa shape index (κ3) is 4.31. The summed E-state index contributed by atoms with van der Waals surface area (Å²) in [4.78, 5) is 27.3. The zero-order chi connectivity index (χ0) is 22.8. The molecule has 0 unspecified atom stereocenters. The largest absolute Gasteiger partial charge is 0.438 e. The minimum atomic E-state index is -0.143. The van der Waals surface area contributed by atoms with Crippen molar-refractivity contribution in [3.8, 4) is 34.1 Å². The number of ether oxygens (including phenoxy) is 1. The van der Waals surface area contributed by atoms with Crippen LogP contribution >= 0.6 is 11.3 Å². The normalized spacial score (nSPS) is 10.8. The van der Waals surface area contributed by atoms with Crippen LogP contribution in [0.5, 0.6) is 11.6 Å². The number of thiophene rings is 1. The van der Waals surface area contributed by atoms with Crippen LogP contribution in [0.3, 0.4) is 0 Å². The average Bonchev–Trinajstić information content (AvgIpc) is 3.16. The highest BCUT2D eigenvalue weighted by Gasteiger charge is 2.21. The lowest BCUT2D eigenvalue weighted by Crippen LogP contribution is -2.05. The summed E-state index contributed by atoms with van der Waals surface area (Å²) in [6, 6.07) is 21.2. The van der Waals surface area contributed by atoms with Crippen LogP contribution in [-0.2, 0) is 4.79 Å². The molecule has 0 fully saturated rings. The van der Waals surface area contributed by atoms with E-state index in [1.165, 1.54) is 6.92 Å². The standard InChI is InChI=1S/C26H20N4O2S/c1-16-22(18-8-4-3-5-9-18)23-25(32-21-12-6-11-20(14-21)28-17(2)31)29-24(30-26(23)33-16)19-10-7-13-27-15-19/h3-15H,1-2H3,(H,28,31). The molecule has 33 heavy (non-hydrogen) atoms. The van der Waals surface area contributed by atoms with E-state index in [4.69, 9.17) is 14.7 Å². The number of rotatable bonds is 5. The third-order valence-corrected chi connectivity index (χ3v) is 6.04. The van der Waals surface area contributed by atoms with Gasteiger partial charge in [0.05, 0.1) is 5.39 Å². The van der Waals surface area contributed by atoms with Crippen molar-refractivity contribution in [3.63, 3.8) is 0 Å². The molecule has 3 heterocycles. The van der Waals surface area contributed by atoms with Gasteiger partial charge in [0, 0.05) is 47.1 Å². The van der Waals surface area contributed by atoms with Crippen molar-refractivity contribution in [2.75, 3.05) is 5.32 Å². The van der Waals surface area contributed by atoms with Crippen LogP contribution in [0.25, 0.3) is 32.7 Å². The fourth-order valence-corrected chi connectivity index (χ4v) is 4.72. The van der Waals surface area contributed by atoms with Gasteiger partial charge in [-0.25, -0.2) is 4.98 Å². The van der Waals surface area contributed by atoms with Gasteiger partial charge in [0.15, 0.2) is 5.82 Å². The Balaban J connectivity index is 1.70.